The molecule has 3 atom stereocenters. The van der Waals surface area contributed by atoms with Gasteiger partial charge in [0.1, 0.15) is 17.7 Å². The van der Waals surface area contributed by atoms with Crippen molar-refractivity contribution in [2.24, 2.45) is 0 Å². The number of alkyl carbamates (subject to hydrolysis) is 1. The van der Waals surface area contributed by atoms with Gasteiger partial charge in [-0.15, -0.1) is 0 Å². The summed E-state index contributed by atoms with van der Waals surface area (Å²) >= 11 is 0. The van der Waals surface area contributed by atoms with Crippen molar-refractivity contribution in [3.05, 3.63) is 35.9 Å². The minimum atomic E-state index is -1.26. The minimum Gasteiger partial charge on any atom is -0.444 e. The quantitative estimate of drug-likeness (QED) is 0.753. The smallest absolute Gasteiger partial charge is 0.408 e. The normalized spacial score (nSPS) is 21.7. The molecular weight excluding hydrogens is 324 g/mol. The first-order valence-electron chi connectivity index (χ1n) is 8.37. The van der Waals surface area contributed by atoms with Crippen molar-refractivity contribution < 1.29 is 24.5 Å². The van der Waals surface area contributed by atoms with E-state index in [1.165, 1.54) is 4.90 Å². The number of hydrogen-bond donors (Lipinski definition) is 3. The Bertz CT molecular complexity index is 599. The van der Waals surface area contributed by atoms with Crippen molar-refractivity contribution in [2.45, 2.75) is 57.6 Å². The number of nitrogens with zero attached hydrogens (tertiary/aromatic N) is 1. The van der Waals surface area contributed by atoms with E-state index in [-0.39, 0.29) is 13.0 Å². The molecule has 7 nitrogen and oxygen atoms in total. The number of aliphatic hydroxyl groups excluding tert-OH is 2. The van der Waals surface area contributed by atoms with Gasteiger partial charge in [0.15, 0.2) is 6.23 Å². The summed E-state index contributed by atoms with van der Waals surface area (Å²) in [6.45, 7) is 5.45. The van der Waals surface area contributed by atoms with Crippen molar-refractivity contribution in [3.8, 4) is 0 Å². The van der Waals surface area contributed by atoms with Crippen LogP contribution in [-0.4, -0.2) is 57.6 Å². The summed E-state index contributed by atoms with van der Waals surface area (Å²) in [6.07, 6.45) is -2.36. The van der Waals surface area contributed by atoms with Crippen LogP contribution in [0.1, 0.15) is 32.8 Å². The fourth-order valence-corrected chi connectivity index (χ4v) is 2.70. The lowest BCUT2D eigenvalue weighted by Crippen LogP contribution is -2.52. The zero-order chi connectivity index (χ0) is 18.6. The van der Waals surface area contributed by atoms with Crippen LogP contribution in [0.5, 0.6) is 0 Å². The molecule has 1 aromatic carbocycles. The molecule has 1 saturated heterocycles. The molecule has 1 fully saturated rings. The summed E-state index contributed by atoms with van der Waals surface area (Å²) in [5, 5.41) is 22.2. The van der Waals surface area contributed by atoms with Crippen LogP contribution in [0.15, 0.2) is 30.3 Å². The predicted octanol–water partition coefficient (Wildman–Crippen LogP) is 1.03. The number of carbonyl (C=O) groups excluding carboxylic acids is 2. The lowest BCUT2D eigenvalue weighted by molar-refractivity contribution is -0.143. The maximum Gasteiger partial charge on any atom is 0.408 e. The summed E-state index contributed by atoms with van der Waals surface area (Å²) in [5.41, 5.74) is 0.180. The van der Waals surface area contributed by atoms with Gasteiger partial charge >= 0.3 is 6.09 Å². The first kappa shape index (κ1) is 19.2. The van der Waals surface area contributed by atoms with E-state index in [0.717, 1.165) is 5.56 Å². The fraction of sp³-hybridized carbons (Fsp3) is 0.556. The summed E-state index contributed by atoms with van der Waals surface area (Å²) in [5.74, 6) is -0.446. The van der Waals surface area contributed by atoms with Gasteiger partial charge in [-0.2, -0.15) is 0 Å². The molecule has 0 saturated carbocycles. The zero-order valence-electron chi connectivity index (χ0n) is 14.8. The van der Waals surface area contributed by atoms with E-state index >= 15 is 0 Å². The third-order valence-electron chi connectivity index (χ3n) is 3.88. The molecule has 0 aromatic heterocycles. The van der Waals surface area contributed by atoms with Gasteiger partial charge in [0.05, 0.1) is 0 Å². The van der Waals surface area contributed by atoms with Gasteiger partial charge in [-0.05, 0) is 32.8 Å². The molecule has 7 heteroatoms. The number of amides is 2. The maximum atomic E-state index is 12.8. The largest absolute Gasteiger partial charge is 0.444 e. The summed E-state index contributed by atoms with van der Waals surface area (Å²) in [6, 6.07) is 8.37. The Labute approximate surface area is 147 Å². The van der Waals surface area contributed by atoms with Crippen molar-refractivity contribution in [1.29, 1.82) is 0 Å². The average molecular weight is 350 g/mol. The Morgan fingerprint density at radius 1 is 1.28 bits per heavy atom. The second kappa shape index (κ2) is 7.84. The second-order valence-corrected chi connectivity index (χ2v) is 7.19. The topological polar surface area (TPSA) is 99.1 Å². The van der Waals surface area contributed by atoms with Crippen LogP contribution in [0.4, 0.5) is 4.79 Å². The summed E-state index contributed by atoms with van der Waals surface area (Å²) in [7, 11) is 0. The van der Waals surface area contributed by atoms with Crippen LogP contribution in [0.25, 0.3) is 0 Å². The highest BCUT2D eigenvalue weighted by Gasteiger charge is 2.38. The molecule has 0 radical (unpaired) electrons. The maximum absolute atomic E-state index is 12.8. The van der Waals surface area contributed by atoms with Crippen LogP contribution < -0.4 is 5.32 Å². The summed E-state index contributed by atoms with van der Waals surface area (Å²) < 4.78 is 5.23. The van der Waals surface area contributed by atoms with Crippen LogP contribution in [-0.2, 0) is 16.0 Å². The molecule has 138 valence electrons. The second-order valence-electron chi connectivity index (χ2n) is 7.19. The Morgan fingerprint density at radius 3 is 2.44 bits per heavy atom. The van der Waals surface area contributed by atoms with E-state index < -0.39 is 36.0 Å². The fourth-order valence-electron chi connectivity index (χ4n) is 2.70. The predicted molar refractivity (Wildman–Crippen MR) is 91.6 cm³/mol. The van der Waals surface area contributed by atoms with Crippen LogP contribution >= 0.6 is 0 Å². The Morgan fingerprint density at radius 2 is 1.92 bits per heavy atom. The lowest BCUT2D eigenvalue weighted by Gasteiger charge is -2.28. The van der Waals surface area contributed by atoms with Gasteiger partial charge in [-0.1, -0.05) is 30.3 Å². The van der Waals surface area contributed by atoms with E-state index in [1.54, 1.807) is 20.8 Å². The van der Waals surface area contributed by atoms with Gasteiger partial charge in [0, 0.05) is 13.0 Å². The molecule has 1 aliphatic rings. The van der Waals surface area contributed by atoms with Crippen LogP contribution in [0, 0.1) is 0 Å². The third-order valence-corrected chi connectivity index (χ3v) is 3.88. The first-order chi connectivity index (χ1) is 11.7. The molecular formula is C18H26N2O5. The first-order valence-corrected chi connectivity index (χ1v) is 8.37. The third kappa shape index (κ3) is 5.44. The molecule has 0 aliphatic carbocycles. The Kier molecular flexibility index (Phi) is 6.02. The highest BCUT2D eigenvalue weighted by atomic mass is 16.6. The molecule has 0 bridgehead atoms. The molecule has 1 aromatic rings. The molecule has 1 aliphatic heterocycles. The van der Waals surface area contributed by atoms with Gasteiger partial charge in [-0.3, -0.25) is 4.79 Å². The van der Waals surface area contributed by atoms with E-state index in [4.69, 9.17) is 4.74 Å². The number of rotatable bonds is 4. The van der Waals surface area contributed by atoms with Crippen molar-refractivity contribution in [3.63, 3.8) is 0 Å². The standard InChI is InChI=1S/C18H26N2O5/c1-18(2,3)25-17(24)19-13(11-12-7-5-4-6-8-12)15(22)20-10-9-14(21)16(20)23/h4-8,13-14,16,21,23H,9-11H2,1-3H3,(H,19,24)/t13?,14-,16?/m1/s1. The molecule has 0 spiro atoms. The Balaban J connectivity index is 2.13. The lowest BCUT2D eigenvalue weighted by atomic mass is 10.0. The molecule has 25 heavy (non-hydrogen) atoms. The molecule has 3 N–H and O–H groups in total. The van der Waals surface area contributed by atoms with Crippen molar-refractivity contribution >= 4 is 12.0 Å². The zero-order valence-corrected chi connectivity index (χ0v) is 14.8. The average Bonchev–Trinajstić information content (AvgIpc) is 2.85. The number of likely N-dealkylation sites (tertiary alicyclic amines) is 1. The Hall–Kier alpha value is -2.12. The molecule has 2 rings (SSSR count). The highest BCUT2D eigenvalue weighted by molar-refractivity contribution is 5.86. The van der Waals surface area contributed by atoms with Crippen LogP contribution in [0.2, 0.25) is 0 Å². The monoisotopic (exact) mass is 350 g/mol. The van der Waals surface area contributed by atoms with Gasteiger partial charge in [-0.25, -0.2) is 4.79 Å². The van der Waals surface area contributed by atoms with E-state index in [1.807, 2.05) is 30.3 Å². The molecule has 2 amide bonds. The van der Waals surface area contributed by atoms with E-state index in [2.05, 4.69) is 5.32 Å². The number of hydrogen-bond acceptors (Lipinski definition) is 5. The van der Waals surface area contributed by atoms with Crippen molar-refractivity contribution in [2.75, 3.05) is 6.54 Å². The SMILES string of the molecule is CC(C)(C)OC(=O)NC(Cc1ccccc1)C(=O)N1CC[C@@H](O)C1O. The van der Waals surface area contributed by atoms with E-state index in [0.29, 0.717) is 6.42 Å². The van der Waals surface area contributed by atoms with Crippen LogP contribution in [0.3, 0.4) is 0 Å². The highest BCUT2D eigenvalue weighted by Crippen LogP contribution is 2.18. The minimum absolute atomic E-state index is 0.239. The number of ether oxygens (including phenoxy) is 1. The number of benzene rings is 1. The summed E-state index contributed by atoms with van der Waals surface area (Å²) in [4.78, 5) is 26.1. The van der Waals surface area contributed by atoms with Crippen molar-refractivity contribution in [1.82, 2.24) is 10.2 Å². The number of nitrogens with one attached hydrogen (secondary N) is 1. The number of carbonyl (C=O) groups is 2. The van der Waals surface area contributed by atoms with Gasteiger partial charge < -0.3 is 25.2 Å². The molecule has 2 unspecified atom stereocenters. The van der Waals surface area contributed by atoms with Gasteiger partial charge in [0.25, 0.3) is 0 Å². The van der Waals surface area contributed by atoms with E-state index in [9.17, 15) is 19.8 Å². The van der Waals surface area contributed by atoms with Gasteiger partial charge in [0.2, 0.25) is 5.91 Å². The molecule has 1 heterocycles. The number of aliphatic hydroxyl groups is 2.